The van der Waals surface area contributed by atoms with Crippen molar-refractivity contribution in [3.63, 3.8) is 0 Å². The van der Waals surface area contributed by atoms with Gasteiger partial charge in [0.1, 0.15) is 16.8 Å². The van der Waals surface area contributed by atoms with Gasteiger partial charge in [-0.15, -0.1) is 23.1 Å². The Morgan fingerprint density at radius 2 is 1.52 bits per heavy atom. The van der Waals surface area contributed by atoms with Gasteiger partial charge in [-0.1, -0.05) is 71.7 Å². The van der Waals surface area contributed by atoms with Crippen LogP contribution in [0.15, 0.2) is 114 Å². The highest BCUT2D eigenvalue weighted by atomic mass is 35.5. The summed E-state index contributed by atoms with van der Waals surface area (Å²) in [6.07, 6.45) is 1.45. The second-order valence-corrected chi connectivity index (χ2v) is 13.5. The van der Waals surface area contributed by atoms with Gasteiger partial charge in [0.25, 0.3) is 17.7 Å². The van der Waals surface area contributed by atoms with Crippen LogP contribution in [0, 0.1) is 18.3 Å². The van der Waals surface area contributed by atoms with Gasteiger partial charge in [-0.25, -0.2) is 0 Å². The molecule has 4 amide bonds. The van der Waals surface area contributed by atoms with Gasteiger partial charge in [0.15, 0.2) is 0 Å². The number of nitrogens with zero attached hydrogens (tertiary/aromatic N) is 1. The SMILES string of the molecule is Cc1c(C(=O)Nc2ccccc2)sc(NC(=O)CSc2cccc(NC(=O)/C(=C\c3ccc(Cl)cc3Cl)NC(=O)c3ccccc3)c2)c1C#N. The van der Waals surface area contributed by atoms with E-state index in [0.29, 0.717) is 47.9 Å². The third kappa shape index (κ3) is 9.40. The number of para-hydroxylation sites is 1. The number of halogens is 2. The number of nitrogens with one attached hydrogen (secondary N) is 4. The second-order valence-electron chi connectivity index (χ2n) is 10.6. The van der Waals surface area contributed by atoms with Crippen molar-refractivity contribution < 1.29 is 19.2 Å². The number of nitriles is 1. The molecular formula is C37H27Cl2N5O4S2. The number of rotatable bonds is 11. The number of thioether (sulfide) groups is 1. The van der Waals surface area contributed by atoms with E-state index in [1.165, 1.54) is 23.9 Å². The summed E-state index contributed by atoms with van der Waals surface area (Å²) in [4.78, 5) is 53.3. The van der Waals surface area contributed by atoms with Crippen molar-refractivity contribution in [2.45, 2.75) is 11.8 Å². The Bertz CT molecular complexity index is 2150. The van der Waals surface area contributed by atoms with Crippen molar-refractivity contribution in [2.24, 2.45) is 0 Å². The number of benzene rings is 4. The normalized spacial score (nSPS) is 10.9. The lowest BCUT2D eigenvalue weighted by Crippen LogP contribution is -2.30. The molecule has 5 aromatic rings. The van der Waals surface area contributed by atoms with Crippen LogP contribution in [0.25, 0.3) is 6.08 Å². The molecule has 0 saturated carbocycles. The number of carbonyl (C=O) groups excluding carboxylic acids is 4. The number of carbonyl (C=O) groups is 4. The predicted molar refractivity (Wildman–Crippen MR) is 201 cm³/mol. The Balaban J connectivity index is 1.25. The molecule has 50 heavy (non-hydrogen) atoms. The Morgan fingerprint density at radius 3 is 2.22 bits per heavy atom. The molecule has 0 saturated heterocycles. The Labute approximate surface area is 306 Å². The van der Waals surface area contributed by atoms with Crippen LogP contribution in [0.3, 0.4) is 0 Å². The van der Waals surface area contributed by atoms with Crippen LogP contribution in [0.5, 0.6) is 0 Å². The molecule has 0 fully saturated rings. The summed E-state index contributed by atoms with van der Waals surface area (Å²) in [5.41, 5.74) is 2.49. The fourth-order valence-corrected chi connectivity index (χ4v) is 6.84. The lowest BCUT2D eigenvalue weighted by molar-refractivity contribution is -0.114. The van der Waals surface area contributed by atoms with Crippen LogP contribution in [0.1, 0.15) is 36.7 Å². The molecule has 0 aliphatic rings. The van der Waals surface area contributed by atoms with Gasteiger partial charge in [0, 0.05) is 31.9 Å². The highest BCUT2D eigenvalue weighted by molar-refractivity contribution is 8.00. The maximum Gasteiger partial charge on any atom is 0.272 e. The van der Waals surface area contributed by atoms with E-state index in [4.69, 9.17) is 23.2 Å². The number of hydrogen-bond donors (Lipinski definition) is 4. The molecule has 13 heteroatoms. The maximum atomic E-state index is 13.5. The quantitative estimate of drug-likeness (QED) is 0.0790. The van der Waals surface area contributed by atoms with E-state index in [9.17, 15) is 24.4 Å². The Kier molecular flexibility index (Phi) is 12.1. The molecule has 0 spiro atoms. The van der Waals surface area contributed by atoms with Crippen LogP contribution in [0.2, 0.25) is 10.0 Å². The van der Waals surface area contributed by atoms with E-state index in [-0.39, 0.29) is 33.8 Å². The Morgan fingerprint density at radius 1 is 0.820 bits per heavy atom. The molecule has 0 aliphatic heterocycles. The number of hydrogen-bond acceptors (Lipinski definition) is 7. The predicted octanol–water partition coefficient (Wildman–Crippen LogP) is 8.63. The first-order valence-electron chi connectivity index (χ1n) is 14.9. The van der Waals surface area contributed by atoms with E-state index in [1.54, 1.807) is 97.9 Å². The zero-order chi connectivity index (χ0) is 35.6. The van der Waals surface area contributed by atoms with E-state index in [1.807, 2.05) is 6.07 Å². The monoisotopic (exact) mass is 739 g/mol. The van der Waals surface area contributed by atoms with Crippen molar-refractivity contribution >= 4 is 92.4 Å². The van der Waals surface area contributed by atoms with Gasteiger partial charge >= 0.3 is 0 Å². The summed E-state index contributed by atoms with van der Waals surface area (Å²) in [6, 6.07) is 31.1. The first-order valence-corrected chi connectivity index (χ1v) is 17.4. The van der Waals surface area contributed by atoms with Crippen molar-refractivity contribution in [1.29, 1.82) is 5.26 Å². The first-order chi connectivity index (χ1) is 24.1. The van der Waals surface area contributed by atoms with Crippen LogP contribution >= 0.6 is 46.3 Å². The Hall–Kier alpha value is -5.38. The van der Waals surface area contributed by atoms with Gasteiger partial charge in [-0.3, -0.25) is 19.2 Å². The minimum atomic E-state index is -0.607. The van der Waals surface area contributed by atoms with Crippen molar-refractivity contribution in [2.75, 3.05) is 21.7 Å². The highest BCUT2D eigenvalue weighted by Gasteiger charge is 2.22. The van der Waals surface area contributed by atoms with Crippen molar-refractivity contribution in [3.8, 4) is 6.07 Å². The van der Waals surface area contributed by atoms with Crippen LogP contribution in [-0.2, 0) is 9.59 Å². The van der Waals surface area contributed by atoms with Gasteiger partial charge in [0.05, 0.1) is 16.2 Å². The summed E-state index contributed by atoms with van der Waals surface area (Å²) in [6.45, 7) is 1.66. The van der Waals surface area contributed by atoms with Gasteiger partial charge in [0.2, 0.25) is 5.91 Å². The van der Waals surface area contributed by atoms with Gasteiger partial charge in [-0.2, -0.15) is 5.26 Å². The molecule has 0 unspecified atom stereocenters. The molecule has 0 radical (unpaired) electrons. The second kappa shape index (κ2) is 16.8. The fraction of sp³-hybridized carbons (Fsp3) is 0.0541. The molecule has 1 aromatic heterocycles. The third-order valence-electron chi connectivity index (χ3n) is 7.00. The molecule has 4 N–H and O–H groups in total. The summed E-state index contributed by atoms with van der Waals surface area (Å²) >= 11 is 14.6. The lowest BCUT2D eigenvalue weighted by Gasteiger charge is -2.13. The summed E-state index contributed by atoms with van der Waals surface area (Å²) < 4.78 is 0. The van der Waals surface area contributed by atoms with Gasteiger partial charge in [-0.05, 0) is 78.7 Å². The van der Waals surface area contributed by atoms with E-state index >= 15 is 0 Å². The van der Waals surface area contributed by atoms with Gasteiger partial charge < -0.3 is 21.3 Å². The number of amides is 4. The molecule has 9 nitrogen and oxygen atoms in total. The fourth-order valence-electron chi connectivity index (χ4n) is 4.55. The van der Waals surface area contributed by atoms with Crippen LogP contribution in [0.4, 0.5) is 16.4 Å². The summed E-state index contributed by atoms with van der Waals surface area (Å²) in [7, 11) is 0. The third-order valence-corrected chi connectivity index (χ3v) is 9.76. The summed E-state index contributed by atoms with van der Waals surface area (Å²) in [5.74, 6) is -1.87. The molecule has 0 bridgehead atoms. The van der Waals surface area contributed by atoms with E-state index in [2.05, 4.69) is 27.3 Å². The minimum absolute atomic E-state index is 0.0158. The lowest BCUT2D eigenvalue weighted by atomic mass is 10.1. The average Bonchev–Trinajstić information content (AvgIpc) is 3.43. The standard InChI is InChI=1S/C37H27Cl2N5O4S2/c1-22-29(20-40)37(50-33(22)36(48)41-26-11-6-3-7-12-26)44-32(45)21-49-28-14-8-13-27(19-28)42-35(47)31(17-24-15-16-25(38)18-30(24)39)43-34(46)23-9-4-2-5-10-23/h2-19H,21H2,1H3,(H,41,48)(H,42,47)(H,43,46)(H,44,45)/b31-17+. The highest BCUT2D eigenvalue weighted by Crippen LogP contribution is 2.33. The maximum absolute atomic E-state index is 13.5. The number of thiophene rings is 1. The summed E-state index contributed by atoms with van der Waals surface area (Å²) in [5, 5.41) is 21.8. The van der Waals surface area contributed by atoms with E-state index in [0.717, 1.165) is 11.3 Å². The zero-order valence-corrected chi connectivity index (χ0v) is 29.4. The molecule has 0 aliphatic carbocycles. The molecule has 4 aromatic carbocycles. The zero-order valence-electron chi connectivity index (χ0n) is 26.3. The van der Waals surface area contributed by atoms with Crippen LogP contribution in [-0.4, -0.2) is 29.4 Å². The van der Waals surface area contributed by atoms with Crippen molar-refractivity contribution in [3.05, 3.63) is 146 Å². The molecule has 250 valence electrons. The average molecular weight is 741 g/mol. The molecular weight excluding hydrogens is 713 g/mol. The molecule has 5 rings (SSSR count). The van der Waals surface area contributed by atoms with Crippen molar-refractivity contribution in [1.82, 2.24) is 5.32 Å². The minimum Gasteiger partial charge on any atom is -0.321 e. The smallest absolute Gasteiger partial charge is 0.272 e. The van der Waals surface area contributed by atoms with Crippen LogP contribution < -0.4 is 21.3 Å². The number of anilines is 3. The topological polar surface area (TPSA) is 140 Å². The first kappa shape index (κ1) is 35.9. The van der Waals surface area contributed by atoms with E-state index < -0.39 is 11.8 Å². The molecule has 0 atom stereocenters. The molecule has 1 heterocycles. The largest absolute Gasteiger partial charge is 0.321 e.